The Hall–Kier alpha value is -2.24. The molecule has 0 atom stereocenters. The third-order valence-electron chi connectivity index (χ3n) is 5.27. The average Bonchev–Trinajstić information content (AvgIpc) is 2.67. The topological polar surface area (TPSA) is 38.1 Å². The quantitative estimate of drug-likeness (QED) is 0.678. The van der Waals surface area contributed by atoms with Crippen LogP contribution in [0.3, 0.4) is 0 Å². The highest BCUT2D eigenvalue weighted by Gasteiger charge is 2.20. The van der Waals surface area contributed by atoms with Crippen molar-refractivity contribution < 1.29 is 4.39 Å². The first-order valence-corrected chi connectivity index (χ1v) is 9.58. The summed E-state index contributed by atoms with van der Waals surface area (Å²) in [7, 11) is 0. The SMILES string of the molecule is O=c1c2ccc(F)cc2ncn1CC1CCN(Cc2ccc(Cl)cc2)CC1. The number of hydrogen-bond donors (Lipinski definition) is 0. The van der Waals surface area contributed by atoms with Crippen molar-refractivity contribution in [3.8, 4) is 0 Å². The van der Waals surface area contributed by atoms with Crippen LogP contribution in [0.1, 0.15) is 18.4 Å². The first kappa shape index (κ1) is 18.1. The Balaban J connectivity index is 1.38. The summed E-state index contributed by atoms with van der Waals surface area (Å²) < 4.78 is 15.0. The van der Waals surface area contributed by atoms with Gasteiger partial charge in [0.25, 0.3) is 5.56 Å². The van der Waals surface area contributed by atoms with Crippen LogP contribution in [0, 0.1) is 11.7 Å². The van der Waals surface area contributed by atoms with E-state index in [1.165, 1.54) is 23.8 Å². The van der Waals surface area contributed by atoms with E-state index in [1.807, 2.05) is 12.1 Å². The fourth-order valence-corrected chi connectivity index (χ4v) is 3.84. The van der Waals surface area contributed by atoms with Gasteiger partial charge >= 0.3 is 0 Å². The standard InChI is InChI=1S/C21H21ClFN3O/c22-17-3-1-15(2-4-17)12-25-9-7-16(8-10-25)13-26-14-24-20-11-18(23)5-6-19(20)21(26)27/h1-6,11,14,16H,7-10,12-13H2. The second-order valence-corrected chi connectivity index (χ2v) is 7.65. The molecule has 1 aliphatic heterocycles. The van der Waals surface area contributed by atoms with Crippen LogP contribution >= 0.6 is 11.6 Å². The molecule has 1 saturated heterocycles. The summed E-state index contributed by atoms with van der Waals surface area (Å²) in [6, 6.07) is 12.1. The van der Waals surface area contributed by atoms with Crippen LogP contribution in [0.15, 0.2) is 53.6 Å². The van der Waals surface area contributed by atoms with Crippen LogP contribution in [-0.4, -0.2) is 27.5 Å². The van der Waals surface area contributed by atoms with Crippen molar-refractivity contribution in [3.63, 3.8) is 0 Å². The van der Waals surface area contributed by atoms with E-state index in [9.17, 15) is 9.18 Å². The number of nitrogens with zero attached hydrogens (tertiary/aromatic N) is 3. The third kappa shape index (κ3) is 4.20. The Bertz CT molecular complexity index is 994. The molecular weight excluding hydrogens is 365 g/mol. The zero-order valence-corrected chi connectivity index (χ0v) is 15.7. The lowest BCUT2D eigenvalue weighted by molar-refractivity contribution is 0.166. The van der Waals surface area contributed by atoms with Crippen LogP contribution in [0.4, 0.5) is 4.39 Å². The van der Waals surface area contributed by atoms with Gasteiger partial charge in [0, 0.05) is 24.2 Å². The van der Waals surface area contributed by atoms with Crippen molar-refractivity contribution in [1.29, 1.82) is 0 Å². The monoisotopic (exact) mass is 385 g/mol. The number of benzene rings is 2. The minimum Gasteiger partial charge on any atom is -0.299 e. The zero-order chi connectivity index (χ0) is 18.8. The van der Waals surface area contributed by atoms with Crippen LogP contribution in [0.5, 0.6) is 0 Å². The van der Waals surface area contributed by atoms with E-state index in [0.717, 1.165) is 37.5 Å². The third-order valence-corrected chi connectivity index (χ3v) is 5.52. The Labute approximate surface area is 162 Å². The Morgan fingerprint density at radius 1 is 1.11 bits per heavy atom. The highest BCUT2D eigenvalue weighted by molar-refractivity contribution is 6.30. The molecule has 27 heavy (non-hydrogen) atoms. The summed E-state index contributed by atoms with van der Waals surface area (Å²) in [4.78, 5) is 19.3. The molecule has 1 fully saturated rings. The lowest BCUT2D eigenvalue weighted by atomic mass is 9.96. The van der Waals surface area contributed by atoms with Gasteiger partial charge in [-0.3, -0.25) is 14.3 Å². The Morgan fingerprint density at radius 3 is 2.59 bits per heavy atom. The average molecular weight is 386 g/mol. The summed E-state index contributed by atoms with van der Waals surface area (Å²) in [5.74, 6) is 0.0732. The number of aromatic nitrogens is 2. The van der Waals surface area contributed by atoms with Crippen LogP contribution in [0.25, 0.3) is 10.9 Å². The van der Waals surface area contributed by atoms with E-state index in [1.54, 1.807) is 10.9 Å². The number of hydrogen-bond acceptors (Lipinski definition) is 3. The molecular formula is C21H21ClFN3O. The predicted octanol–water partition coefficient (Wildman–Crippen LogP) is 4.10. The molecule has 4 rings (SSSR count). The first-order chi connectivity index (χ1) is 13.1. The van der Waals surface area contributed by atoms with Gasteiger partial charge < -0.3 is 0 Å². The maximum atomic E-state index is 13.3. The van der Waals surface area contributed by atoms with Crippen molar-refractivity contribution in [2.24, 2.45) is 5.92 Å². The number of halogens is 2. The highest BCUT2D eigenvalue weighted by atomic mass is 35.5. The van der Waals surface area contributed by atoms with E-state index >= 15 is 0 Å². The predicted molar refractivity (Wildman–Crippen MR) is 105 cm³/mol. The molecule has 0 aliphatic carbocycles. The fraction of sp³-hybridized carbons (Fsp3) is 0.333. The van der Waals surface area contributed by atoms with Crippen molar-refractivity contribution in [1.82, 2.24) is 14.5 Å². The van der Waals surface area contributed by atoms with E-state index < -0.39 is 0 Å². The smallest absolute Gasteiger partial charge is 0.261 e. The van der Waals surface area contributed by atoms with E-state index in [0.29, 0.717) is 23.4 Å². The summed E-state index contributed by atoms with van der Waals surface area (Å²) in [5, 5.41) is 1.23. The van der Waals surface area contributed by atoms with Gasteiger partial charge in [-0.05, 0) is 61.7 Å². The highest BCUT2D eigenvalue weighted by Crippen LogP contribution is 2.21. The molecule has 140 valence electrons. The van der Waals surface area contributed by atoms with Crippen molar-refractivity contribution >= 4 is 22.5 Å². The second-order valence-electron chi connectivity index (χ2n) is 7.21. The molecule has 1 aromatic heterocycles. The van der Waals surface area contributed by atoms with E-state index in [2.05, 4.69) is 22.0 Å². The number of piperidine rings is 1. The molecule has 0 radical (unpaired) electrons. The molecule has 2 aromatic carbocycles. The molecule has 0 unspecified atom stereocenters. The molecule has 1 aliphatic rings. The van der Waals surface area contributed by atoms with Crippen LogP contribution < -0.4 is 5.56 Å². The molecule has 6 heteroatoms. The maximum Gasteiger partial charge on any atom is 0.261 e. The lowest BCUT2D eigenvalue weighted by Crippen LogP contribution is -2.36. The fourth-order valence-electron chi connectivity index (χ4n) is 3.71. The van der Waals surface area contributed by atoms with Gasteiger partial charge in [0.15, 0.2) is 0 Å². The first-order valence-electron chi connectivity index (χ1n) is 9.20. The van der Waals surface area contributed by atoms with Gasteiger partial charge in [-0.2, -0.15) is 0 Å². The minimum atomic E-state index is -0.375. The van der Waals surface area contributed by atoms with Gasteiger partial charge in [0.1, 0.15) is 5.82 Å². The summed E-state index contributed by atoms with van der Waals surface area (Å²) in [5.41, 5.74) is 1.58. The number of likely N-dealkylation sites (tertiary alicyclic amines) is 1. The largest absolute Gasteiger partial charge is 0.299 e. The molecule has 0 bridgehead atoms. The molecule has 0 spiro atoms. The second kappa shape index (κ2) is 7.79. The van der Waals surface area contributed by atoms with Crippen molar-refractivity contribution in [3.05, 3.63) is 75.5 Å². The molecule has 4 nitrogen and oxygen atoms in total. The lowest BCUT2D eigenvalue weighted by Gasteiger charge is -2.32. The minimum absolute atomic E-state index is 0.0939. The Kier molecular flexibility index (Phi) is 5.23. The van der Waals surface area contributed by atoms with Gasteiger partial charge in [-0.1, -0.05) is 23.7 Å². The normalized spacial score (nSPS) is 16.1. The molecule has 0 saturated carbocycles. The van der Waals surface area contributed by atoms with Crippen molar-refractivity contribution in [2.45, 2.75) is 25.9 Å². The van der Waals surface area contributed by atoms with Gasteiger partial charge in [-0.15, -0.1) is 0 Å². The van der Waals surface area contributed by atoms with Gasteiger partial charge in [-0.25, -0.2) is 9.37 Å². The summed E-state index contributed by atoms with van der Waals surface area (Å²) in [6.07, 6.45) is 3.63. The molecule has 0 amide bonds. The van der Waals surface area contributed by atoms with Crippen LogP contribution in [0.2, 0.25) is 5.02 Å². The Morgan fingerprint density at radius 2 is 1.85 bits per heavy atom. The zero-order valence-electron chi connectivity index (χ0n) is 14.9. The van der Waals surface area contributed by atoms with Gasteiger partial charge in [0.05, 0.1) is 17.2 Å². The van der Waals surface area contributed by atoms with Crippen molar-refractivity contribution in [2.75, 3.05) is 13.1 Å². The maximum absolute atomic E-state index is 13.3. The van der Waals surface area contributed by atoms with Gasteiger partial charge in [0.2, 0.25) is 0 Å². The molecule has 0 N–H and O–H groups in total. The van der Waals surface area contributed by atoms with E-state index in [4.69, 9.17) is 11.6 Å². The number of fused-ring (bicyclic) bond motifs is 1. The number of rotatable bonds is 4. The van der Waals surface area contributed by atoms with Crippen LogP contribution in [-0.2, 0) is 13.1 Å². The summed E-state index contributed by atoms with van der Waals surface area (Å²) in [6.45, 7) is 3.60. The molecule has 3 aromatic rings. The van der Waals surface area contributed by atoms with E-state index in [-0.39, 0.29) is 11.4 Å². The molecule has 2 heterocycles. The summed E-state index contributed by atoms with van der Waals surface area (Å²) >= 11 is 5.94.